The molecule has 0 aliphatic heterocycles. The van der Waals surface area contributed by atoms with E-state index in [1.54, 1.807) is 19.2 Å². The highest BCUT2D eigenvalue weighted by Gasteiger charge is 2.12. The Labute approximate surface area is 78.6 Å². The molecule has 72 valence electrons. The molecule has 0 saturated carbocycles. The Kier molecular flexibility index (Phi) is 2.88. The Morgan fingerprint density at radius 3 is 2.46 bits per heavy atom. The molecule has 3 nitrogen and oxygen atoms in total. The van der Waals surface area contributed by atoms with Gasteiger partial charge < -0.3 is 10.8 Å². The lowest BCUT2D eigenvalue weighted by atomic mass is 10.0. The number of rotatable bonds is 2. The second-order valence-corrected chi connectivity index (χ2v) is 3.53. The molecular weight excluding hydrogens is 164 g/mol. The van der Waals surface area contributed by atoms with Gasteiger partial charge in [-0.25, -0.2) is 0 Å². The fourth-order valence-electron chi connectivity index (χ4n) is 1.33. The van der Waals surface area contributed by atoms with E-state index in [0.717, 1.165) is 11.3 Å². The SMILES string of the molecule is CC(C)c1nccc(C(C)O)c1N. The number of nitrogens with two attached hydrogens (primary N) is 1. The number of pyridine rings is 1. The largest absolute Gasteiger partial charge is 0.397 e. The van der Waals surface area contributed by atoms with E-state index in [4.69, 9.17) is 5.73 Å². The molecule has 3 N–H and O–H groups in total. The number of nitrogen functional groups attached to an aromatic ring is 1. The van der Waals surface area contributed by atoms with E-state index in [9.17, 15) is 5.11 Å². The van der Waals surface area contributed by atoms with E-state index in [1.807, 2.05) is 13.8 Å². The zero-order valence-electron chi connectivity index (χ0n) is 8.28. The molecule has 1 heterocycles. The van der Waals surface area contributed by atoms with Crippen molar-refractivity contribution >= 4 is 5.69 Å². The highest BCUT2D eigenvalue weighted by molar-refractivity contribution is 5.52. The number of hydrogen-bond acceptors (Lipinski definition) is 3. The molecule has 1 atom stereocenters. The topological polar surface area (TPSA) is 59.1 Å². The standard InChI is InChI=1S/C10H16N2O/c1-6(2)10-9(11)8(7(3)13)4-5-12-10/h4-7,13H,11H2,1-3H3. The third-order valence-electron chi connectivity index (χ3n) is 2.05. The summed E-state index contributed by atoms with van der Waals surface area (Å²) in [7, 11) is 0. The minimum absolute atomic E-state index is 0.290. The minimum Gasteiger partial charge on any atom is -0.397 e. The maximum Gasteiger partial charge on any atom is 0.0783 e. The first-order valence-corrected chi connectivity index (χ1v) is 4.46. The summed E-state index contributed by atoms with van der Waals surface area (Å²) in [4.78, 5) is 4.18. The maximum atomic E-state index is 9.40. The molecule has 0 saturated heterocycles. The van der Waals surface area contributed by atoms with Crippen LogP contribution in [0.4, 0.5) is 5.69 Å². The lowest BCUT2D eigenvalue weighted by Crippen LogP contribution is -2.05. The first-order chi connectivity index (χ1) is 6.04. The molecule has 0 aromatic carbocycles. The lowest BCUT2D eigenvalue weighted by Gasteiger charge is -2.13. The zero-order chi connectivity index (χ0) is 10.0. The molecule has 0 bridgehead atoms. The number of hydrogen-bond donors (Lipinski definition) is 2. The summed E-state index contributed by atoms with van der Waals surface area (Å²) in [6.45, 7) is 5.77. The van der Waals surface area contributed by atoms with Crippen LogP contribution in [0.3, 0.4) is 0 Å². The quantitative estimate of drug-likeness (QED) is 0.730. The summed E-state index contributed by atoms with van der Waals surface area (Å²) in [5.41, 5.74) is 8.10. The highest BCUT2D eigenvalue weighted by Crippen LogP contribution is 2.26. The van der Waals surface area contributed by atoms with Crippen molar-refractivity contribution in [2.75, 3.05) is 5.73 Å². The van der Waals surface area contributed by atoms with Gasteiger partial charge in [-0.15, -0.1) is 0 Å². The first-order valence-electron chi connectivity index (χ1n) is 4.46. The summed E-state index contributed by atoms with van der Waals surface area (Å²) >= 11 is 0. The van der Waals surface area contributed by atoms with Gasteiger partial charge in [-0.3, -0.25) is 4.98 Å². The van der Waals surface area contributed by atoms with Gasteiger partial charge in [0.15, 0.2) is 0 Å². The molecule has 0 aliphatic carbocycles. The molecule has 0 spiro atoms. The zero-order valence-corrected chi connectivity index (χ0v) is 8.28. The molecule has 1 unspecified atom stereocenters. The fraction of sp³-hybridized carbons (Fsp3) is 0.500. The predicted octanol–water partition coefficient (Wildman–Crippen LogP) is 1.84. The van der Waals surface area contributed by atoms with Crippen LogP contribution in [0.5, 0.6) is 0 Å². The lowest BCUT2D eigenvalue weighted by molar-refractivity contribution is 0.200. The van der Waals surface area contributed by atoms with Gasteiger partial charge in [0.25, 0.3) is 0 Å². The molecular formula is C10H16N2O. The first kappa shape index (κ1) is 9.99. The van der Waals surface area contributed by atoms with Gasteiger partial charge in [-0.1, -0.05) is 13.8 Å². The van der Waals surface area contributed by atoms with Crippen LogP contribution >= 0.6 is 0 Å². The molecule has 0 amide bonds. The van der Waals surface area contributed by atoms with Crippen LogP contribution in [0.15, 0.2) is 12.3 Å². The predicted molar refractivity (Wildman–Crippen MR) is 53.4 cm³/mol. The van der Waals surface area contributed by atoms with Crippen molar-refractivity contribution in [1.82, 2.24) is 4.98 Å². The second kappa shape index (κ2) is 3.75. The second-order valence-electron chi connectivity index (χ2n) is 3.53. The number of aliphatic hydroxyl groups excluding tert-OH is 1. The van der Waals surface area contributed by atoms with Crippen LogP contribution in [0, 0.1) is 0 Å². The molecule has 1 rings (SSSR count). The molecule has 3 heteroatoms. The highest BCUT2D eigenvalue weighted by atomic mass is 16.3. The van der Waals surface area contributed by atoms with Crippen LogP contribution in [0.1, 0.15) is 44.1 Å². The van der Waals surface area contributed by atoms with E-state index in [-0.39, 0.29) is 0 Å². The van der Waals surface area contributed by atoms with E-state index in [1.165, 1.54) is 0 Å². The van der Waals surface area contributed by atoms with Crippen LogP contribution in [-0.4, -0.2) is 10.1 Å². The van der Waals surface area contributed by atoms with Gasteiger partial charge in [-0.05, 0) is 18.9 Å². The monoisotopic (exact) mass is 180 g/mol. The van der Waals surface area contributed by atoms with Crippen molar-refractivity contribution in [3.05, 3.63) is 23.5 Å². The van der Waals surface area contributed by atoms with Crippen LogP contribution < -0.4 is 5.73 Å². The normalized spacial score (nSPS) is 13.3. The summed E-state index contributed by atoms with van der Waals surface area (Å²) < 4.78 is 0. The summed E-state index contributed by atoms with van der Waals surface area (Å²) in [6.07, 6.45) is 1.16. The van der Waals surface area contributed by atoms with E-state index >= 15 is 0 Å². The van der Waals surface area contributed by atoms with Crippen molar-refractivity contribution in [3.8, 4) is 0 Å². The van der Waals surface area contributed by atoms with Gasteiger partial charge in [0.2, 0.25) is 0 Å². The molecule has 0 fully saturated rings. The summed E-state index contributed by atoms with van der Waals surface area (Å²) in [5, 5.41) is 9.40. The number of anilines is 1. The van der Waals surface area contributed by atoms with E-state index in [2.05, 4.69) is 4.98 Å². The van der Waals surface area contributed by atoms with Crippen molar-refractivity contribution < 1.29 is 5.11 Å². The van der Waals surface area contributed by atoms with Gasteiger partial charge in [0.1, 0.15) is 0 Å². The average Bonchev–Trinajstić information content (AvgIpc) is 2.03. The number of nitrogens with zero attached hydrogens (tertiary/aromatic N) is 1. The van der Waals surface area contributed by atoms with Crippen molar-refractivity contribution in [2.45, 2.75) is 32.8 Å². The molecule has 1 aromatic heterocycles. The van der Waals surface area contributed by atoms with Crippen molar-refractivity contribution in [3.63, 3.8) is 0 Å². The van der Waals surface area contributed by atoms with Crippen molar-refractivity contribution in [2.24, 2.45) is 0 Å². The van der Waals surface area contributed by atoms with Gasteiger partial charge >= 0.3 is 0 Å². The Morgan fingerprint density at radius 1 is 1.38 bits per heavy atom. The van der Waals surface area contributed by atoms with Crippen LogP contribution in [0.25, 0.3) is 0 Å². The Bertz CT molecular complexity index is 269. The van der Waals surface area contributed by atoms with Crippen LogP contribution in [-0.2, 0) is 0 Å². The third-order valence-corrected chi connectivity index (χ3v) is 2.05. The maximum absolute atomic E-state index is 9.40. The van der Waals surface area contributed by atoms with Gasteiger partial charge in [0, 0.05) is 11.8 Å². The Balaban J connectivity index is 3.18. The molecule has 1 aromatic rings. The average molecular weight is 180 g/mol. The molecule has 0 aliphatic rings. The minimum atomic E-state index is -0.527. The van der Waals surface area contributed by atoms with Crippen LogP contribution in [0.2, 0.25) is 0 Å². The molecule has 0 radical (unpaired) electrons. The summed E-state index contributed by atoms with van der Waals surface area (Å²) in [5.74, 6) is 0.290. The number of aliphatic hydroxyl groups is 1. The third kappa shape index (κ3) is 1.98. The van der Waals surface area contributed by atoms with Gasteiger partial charge in [0.05, 0.1) is 17.5 Å². The smallest absolute Gasteiger partial charge is 0.0783 e. The number of aromatic nitrogens is 1. The van der Waals surface area contributed by atoms with E-state index < -0.39 is 6.10 Å². The Morgan fingerprint density at radius 2 is 2.00 bits per heavy atom. The van der Waals surface area contributed by atoms with Crippen molar-refractivity contribution in [1.29, 1.82) is 0 Å². The summed E-state index contributed by atoms with van der Waals surface area (Å²) in [6, 6.07) is 1.76. The Hall–Kier alpha value is -1.09. The van der Waals surface area contributed by atoms with E-state index in [0.29, 0.717) is 11.6 Å². The van der Waals surface area contributed by atoms with Gasteiger partial charge in [-0.2, -0.15) is 0 Å². The fourth-order valence-corrected chi connectivity index (χ4v) is 1.33. The molecule has 13 heavy (non-hydrogen) atoms.